The van der Waals surface area contributed by atoms with Gasteiger partial charge in [0.15, 0.2) is 0 Å². The number of cyclic esters (lactones) is 1. The summed E-state index contributed by atoms with van der Waals surface area (Å²) in [6.07, 6.45) is 5.64. The second-order valence-electron chi connectivity index (χ2n) is 9.33. The molecule has 2 amide bonds. The van der Waals surface area contributed by atoms with Crippen molar-refractivity contribution in [1.82, 2.24) is 10.6 Å². The number of carbonyl (C=O) groups excluding carboxylic acids is 3. The number of ether oxygens (including phenoxy) is 1. The number of nitrogens with zero attached hydrogens (tertiary/aromatic N) is 2. The molecule has 0 unspecified atom stereocenters. The molecule has 0 radical (unpaired) electrons. The van der Waals surface area contributed by atoms with Crippen molar-refractivity contribution in [3.63, 3.8) is 0 Å². The number of allylic oxidation sites excluding steroid dienone is 2. The largest absolute Gasteiger partial charge is 0.481 e. The van der Waals surface area contributed by atoms with Crippen LogP contribution in [-0.2, 0) is 23.9 Å². The summed E-state index contributed by atoms with van der Waals surface area (Å²) < 4.78 is 5.68. The summed E-state index contributed by atoms with van der Waals surface area (Å²) in [5.41, 5.74) is 0.445. The number of esters is 1. The molecular formula is C24H32N4O6S. The van der Waals surface area contributed by atoms with E-state index in [1.807, 2.05) is 6.08 Å². The van der Waals surface area contributed by atoms with Gasteiger partial charge in [-0.25, -0.2) is 4.79 Å². The number of aliphatic imine (C=N–C) groups is 2. The first-order valence-electron chi connectivity index (χ1n) is 11.7. The zero-order valence-electron chi connectivity index (χ0n) is 20.2. The van der Waals surface area contributed by atoms with Gasteiger partial charge in [-0.05, 0) is 19.3 Å². The third-order valence-electron chi connectivity index (χ3n) is 5.84. The molecular weight excluding hydrogens is 472 g/mol. The molecule has 0 spiro atoms. The van der Waals surface area contributed by atoms with Gasteiger partial charge in [0.1, 0.15) is 22.7 Å². The van der Waals surface area contributed by atoms with Gasteiger partial charge in [0.2, 0.25) is 11.8 Å². The minimum Gasteiger partial charge on any atom is -0.481 e. The Kier molecular flexibility index (Phi) is 8.87. The van der Waals surface area contributed by atoms with Crippen molar-refractivity contribution in [2.24, 2.45) is 15.9 Å². The number of hydrogen-bond acceptors (Lipinski definition) is 8. The van der Waals surface area contributed by atoms with Crippen LogP contribution in [0, 0.1) is 5.92 Å². The van der Waals surface area contributed by atoms with Gasteiger partial charge in [0, 0.05) is 30.7 Å². The van der Waals surface area contributed by atoms with E-state index < -0.39 is 29.6 Å². The standard InChI is InChI=1S/C24H32N4O6S/c1-14(2)20-22(32)34-16(7-5-4-6-8-19(30)31)11-18(29)25-12-15-9-10-17(26-15)21-28-24(3,13-35-21)23(33)27-20/h4-5,10,14,16,20H,6-9,11-13H2,1-3H3,(H,25,29)(H,27,33)(H,30,31)/b5-4-/t16-,20+,24+/m1/s1. The Morgan fingerprint density at radius 1 is 1.34 bits per heavy atom. The lowest BCUT2D eigenvalue weighted by Crippen LogP contribution is -2.53. The number of aliphatic carboxylic acids is 1. The quantitative estimate of drug-likeness (QED) is 0.370. The van der Waals surface area contributed by atoms with Crippen LogP contribution in [0.25, 0.3) is 0 Å². The molecule has 0 saturated carbocycles. The number of amides is 2. The van der Waals surface area contributed by atoms with Gasteiger partial charge in [-0.2, -0.15) is 0 Å². The van der Waals surface area contributed by atoms with Crippen LogP contribution < -0.4 is 10.6 Å². The van der Waals surface area contributed by atoms with Crippen LogP contribution in [0.3, 0.4) is 0 Å². The fourth-order valence-electron chi connectivity index (χ4n) is 3.73. The first-order valence-corrected chi connectivity index (χ1v) is 12.7. The maximum absolute atomic E-state index is 13.2. The molecule has 3 N–H and O–H groups in total. The molecule has 4 bridgehead atoms. The minimum atomic E-state index is -1.04. The molecule has 0 aromatic rings. The van der Waals surface area contributed by atoms with Crippen molar-refractivity contribution in [3.05, 3.63) is 23.9 Å². The number of rotatable bonds is 6. The number of carboxylic acid groups (broad SMARTS) is 1. The first-order chi connectivity index (χ1) is 16.6. The molecule has 11 heteroatoms. The summed E-state index contributed by atoms with van der Waals surface area (Å²) in [4.78, 5) is 58.8. The van der Waals surface area contributed by atoms with E-state index in [1.165, 1.54) is 11.8 Å². The molecule has 3 aliphatic rings. The lowest BCUT2D eigenvalue weighted by Gasteiger charge is -2.27. The van der Waals surface area contributed by atoms with Crippen LogP contribution >= 0.6 is 11.8 Å². The van der Waals surface area contributed by atoms with E-state index in [0.29, 0.717) is 29.3 Å². The summed E-state index contributed by atoms with van der Waals surface area (Å²) in [7, 11) is 0. The maximum Gasteiger partial charge on any atom is 0.329 e. The van der Waals surface area contributed by atoms with E-state index in [0.717, 1.165) is 5.71 Å². The highest BCUT2D eigenvalue weighted by atomic mass is 32.2. The van der Waals surface area contributed by atoms with Gasteiger partial charge >= 0.3 is 11.9 Å². The van der Waals surface area contributed by atoms with Gasteiger partial charge in [-0.3, -0.25) is 24.4 Å². The number of fused-ring (bicyclic) bond motifs is 3. The fourth-order valence-corrected chi connectivity index (χ4v) is 4.88. The second kappa shape index (κ2) is 11.7. The molecule has 3 aliphatic heterocycles. The van der Waals surface area contributed by atoms with E-state index in [9.17, 15) is 19.2 Å². The van der Waals surface area contributed by atoms with Crippen LogP contribution in [0.5, 0.6) is 0 Å². The van der Waals surface area contributed by atoms with Crippen molar-refractivity contribution in [2.75, 3.05) is 12.3 Å². The third-order valence-corrected chi connectivity index (χ3v) is 7.12. The van der Waals surface area contributed by atoms with Crippen LogP contribution in [0.2, 0.25) is 0 Å². The topological polar surface area (TPSA) is 147 Å². The highest BCUT2D eigenvalue weighted by molar-refractivity contribution is 8.14. The Labute approximate surface area is 208 Å². The van der Waals surface area contributed by atoms with E-state index in [2.05, 4.69) is 20.6 Å². The van der Waals surface area contributed by atoms with Crippen LogP contribution in [0.1, 0.15) is 52.9 Å². The van der Waals surface area contributed by atoms with Crippen molar-refractivity contribution >= 4 is 46.3 Å². The molecule has 0 fully saturated rings. The molecule has 190 valence electrons. The Morgan fingerprint density at radius 3 is 2.83 bits per heavy atom. The lowest BCUT2D eigenvalue weighted by atomic mass is 10.00. The zero-order chi connectivity index (χ0) is 25.6. The predicted molar refractivity (Wildman–Crippen MR) is 133 cm³/mol. The van der Waals surface area contributed by atoms with E-state index in [-0.39, 0.29) is 43.5 Å². The summed E-state index contributed by atoms with van der Waals surface area (Å²) in [5, 5.41) is 15.1. The summed E-state index contributed by atoms with van der Waals surface area (Å²) >= 11 is 1.44. The summed E-state index contributed by atoms with van der Waals surface area (Å²) in [6.45, 7) is 5.60. The number of carbonyl (C=O) groups is 4. The van der Waals surface area contributed by atoms with E-state index >= 15 is 0 Å². The van der Waals surface area contributed by atoms with Gasteiger partial charge < -0.3 is 20.5 Å². The van der Waals surface area contributed by atoms with E-state index in [4.69, 9.17) is 9.84 Å². The number of thioether (sulfide) groups is 1. The monoisotopic (exact) mass is 504 g/mol. The molecule has 10 nitrogen and oxygen atoms in total. The molecule has 0 aromatic heterocycles. The smallest absolute Gasteiger partial charge is 0.329 e. The molecule has 0 saturated heterocycles. The number of hydrogen-bond donors (Lipinski definition) is 3. The van der Waals surface area contributed by atoms with Crippen LogP contribution in [0.15, 0.2) is 33.9 Å². The molecule has 3 atom stereocenters. The Balaban J connectivity index is 1.82. The van der Waals surface area contributed by atoms with Crippen LogP contribution in [-0.4, -0.2) is 69.6 Å². The molecule has 3 rings (SSSR count). The Bertz CT molecular complexity index is 1000. The molecule has 0 aliphatic carbocycles. The summed E-state index contributed by atoms with van der Waals surface area (Å²) in [6, 6.07) is -0.909. The zero-order valence-corrected chi connectivity index (χ0v) is 21.0. The Morgan fingerprint density at radius 2 is 2.11 bits per heavy atom. The normalized spacial score (nSPS) is 27.8. The average molecular weight is 505 g/mol. The summed E-state index contributed by atoms with van der Waals surface area (Å²) in [5.74, 6) is -2.02. The van der Waals surface area contributed by atoms with Crippen molar-refractivity contribution in [1.29, 1.82) is 0 Å². The fraction of sp³-hybridized carbons (Fsp3) is 0.583. The van der Waals surface area contributed by atoms with E-state index in [1.54, 1.807) is 32.9 Å². The predicted octanol–water partition coefficient (Wildman–Crippen LogP) is 2.00. The number of nitrogens with one attached hydrogen (secondary N) is 2. The average Bonchev–Trinajstić information content (AvgIpc) is 3.42. The van der Waals surface area contributed by atoms with Gasteiger partial charge in [-0.1, -0.05) is 32.1 Å². The highest BCUT2D eigenvalue weighted by Crippen LogP contribution is 2.33. The van der Waals surface area contributed by atoms with Gasteiger partial charge in [0.25, 0.3) is 0 Å². The maximum atomic E-state index is 13.2. The van der Waals surface area contributed by atoms with Gasteiger partial charge in [-0.15, -0.1) is 11.8 Å². The SMILES string of the molecule is CC(C)[C@@H]1NC(=O)[C@]2(C)CSC(=N2)C2=CCC(=N2)CNC(=O)C[C@@H](C/C=C\CCC(=O)O)OC1=O. The third kappa shape index (κ3) is 7.27. The van der Waals surface area contributed by atoms with Gasteiger partial charge in [0.05, 0.1) is 18.7 Å². The molecule has 0 aromatic carbocycles. The minimum absolute atomic E-state index is 0.0116. The second-order valence-corrected chi connectivity index (χ2v) is 10.3. The van der Waals surface area contributed by atoms with Crippen molar-refractivity contribution < 1.29 is 29.0 Å². The highest BCUT2D eigenvalue weighted by Gasteiger charge is 2.42. The van der Waals surface area contributed by atoms with Crippen LogP contribution in [0.4, 0.5) is 0 Å². The van der Waals surface area contributed by atoms with Crippen molar-refractivity contribution in [2.45, 2.75) is 70.6 Å². The molecule has 35 heavy (non-hydrogen) atoms. The Hall–Kier alpha value is -2.95. The van der Waals surface area contributed by atoms with Crippen molar-refractivity contribution in [3.8, 4) is 0 Å². The lowest BCUT2D eigenvalue weighted by molar-refractivity contribution is -0.155. The first kappa shape index (κ1) is 26.7. The number of carboxylic acids is 1. The molecule has 3 heterocycles.